The number of phenols is 2. The van der Waals surface area contributed by atoms with Crippen LogP contribution in [-0.2, 0) is 33.3 Å². The number of esters is 3. The third kappa shape index (κ3) is 6.07. The molecule has 1 aliphatic heterocycles. The zero-order valence-corrected chi connectivity index (χ0v) is 22.3. The summed E-state index contributed by atoms with van der Waals surface area (Å²) in [6.07, 6.45) is -10.1. The number of aliphatic hydroxyl groups excluding tert-OH is 2. The highest BCUT2D eigenvalue weighted by molar-refractivity contribution is 5.91. The lowest BCUT2D eigenvalue weighted by molar-refractivity contribution is -0.276. The first-order valence-electron chi connectivity index (χ1n) is 12.2. The molecule has 2 aromatic carbocycles. The van der Waals surface area contributed by atoms with Crippen LogP contribution in [0.4, 0.5) is 0 Å². The van der Waals surface area contributed by atoms with Crippen LogP contribution in [0.5, 0.6) is 23.0 Å². The van der Waals surface area contributed by atoms with Gasteiger partial charge < -0.3 is 53.3 Å². The number of carbonyl (C=O) groups excluding carboxylic acids is 3. The molecule has 1 saturated heterocycles. The Morgan fingerprint density at radius 2 is 1.64 bits per heavy atom. The Hall–Kier alpha value is -4.86. The lowest BCUT2D eigenvalue weighted by Gasteiger charge is -2.40. The second-order valence-electron chi connectivity index (χ2n) is 8.93. The molecule has 0 radical (unpaired) electrons. The Bertz CT molecular complexity index is 1560. The van der Waals surface area contributed by atoms with Gasteiger partial charge in [0.1, 0.15) is 46.9 Å². The molecule has 0 bridgehead atoms. The second kappa shape index (κ2) is 12.3. The molecule has 3 aromatic rings. The Labute approximate surface area is 236 Å². The number of hydrogen-bond donors (Lipinski definition) is 4. The van der Waals surface area contributed by atoms with Gasteiger partial charge in [0.25, 0.3) is 0 Å². The second-order valence-corrected chi connectivity index (χ2v) is 8.93. The molecule has 1 fully saturated rings. The van der Waals surface area contributed by atoms with Gasteiger partial charge in [0.05, 0.1) is 21.3 Å². The summed E-state index contributed by atoms with van der Waals surface area (Å²) in [4.78, 5) is 48.8. The first kappa shape index (κ1) is 30.1. The van der Waals surface area contributed by atoms with E-state index in [2.05, 4.69) is 9.47 Å². The van der Waals surface area contributed by atoms with Crippen LogP contribution in [-0.4, -0.2) is 90.4 Å². The largest absolute Gasteiger partial charge is 0.507 e. The van der Waals surface area contributed by atoms with Gasteiger partial charge in [-0.05, 0) is 18.2 Å². The third-order valence-electron chi connectivity index (χ3n) is 6.26. The molecule has 1 aliphatic rings. The molecule has 1 aromatic heterocycles. The highest BCUT2D eigenvalue weighted by atomic mass is 16.7. The first-order valence-corrected chi connectivity index (χ1v) is 12.2. The van der Waals surface area contributed by atoms with Gasteiger partial charge in [0, 0.05) is 23.8 Å². The predicted octanol–water partition coefficient (Wildman–Crippen LogP) is 0.353. The van der Waals surface area contributed by atoms with E-state index in [9.17, 15) is 39.6 Å². The minimum Gasteiger partial charge on any atom is -0.507 e. The fraction of sp³-hybridized carbons (Fsp3) is 0.333. The van der Waals surface area contributed by atoms with E-state index in [1.807, 2.05) is 0 Å². The van der Waals surface area contributed by atoms with E-state index in [0.717, 1.165) is 26.4 Å². The maximum absolute atomic E-state index is 12.8. The quantitative estimate of drug-likeness (QED) is 0.158. The Morgan fingerprint density at radius 3 is 2.29 bits per heavy atom. The molecule has 4 N–H and O–H groups in total. The van der Waals surface area contributed by atoms with Crippen molar-refractivity contribution in [2.45, 2.75) is 37.1 Å². The van der Waals surface area contributed by atoms with Gasteiger partial charge in [0.2, 0.25) is 6.29 Å². The number of hydrogen-bond acceptors (Lipinski definition) is 15. The van der Waals surface area contributed by atoms with E-state index in [1.165, 1.54) is 31.4 Å². The molecule has 4 rings (SSSR count). The molecule has 42 heavy (non-hydrogen) atoms. The summed E-state index contributed by atoms with van der Waals surface area (Å²) in [5.74, 6) is -4.07. The van der Waals surface area contributed by atoms with Crippen LogP contribution >= 0.6 is 0 Å². The minimum absolute atomic E-state index is 0.00911. The molecular weight excluding hydrogens is 564 g/mol. The smallest absolute Gasteiger partial charge is 0.337 e. The van der Waals surface area contributed by atoms with Gasteiger partial charge >= 0.3 is 17.9 Å². The maximum atomic E-state index is 12.8. The van der Waals surface area contributed by atoms with Crippen LogP contribution in [0.1, 0.15) is 6.42 Å². The van der Waals surface area contributed by atoms with Crippen molar-refractivity contribution < 1.29 is 67.6 Å². The van der Waals surface area contributed by atoms with Crippen LogP contribution in [0, 0.1) is 0 Å². The Kier molecular flexibility index (Phi) is 8.84. The molecule has 0 saturated carbocycles. The standard InChI is InChI=1S/C27H26O15/c1-36-16-5-4-11(6-13(16)28)17-9-15(30)21-14(29)7-12(8-18(21)40-17)39-27-25(41-20(32)10-19(31)37-2)23(34)22(33)24(42-27)26(35)38-3/h4-9,22-25,27-29,33-34H,10H2,1-3H3. The summed E-state index contributed by atoms with van der Waals surface area (Å²) in [5.41, 5.74) is -0.522. The number of fused-ring (bicyclic) bond motifs is 1. The number of phenolic OH excluding ortho intramolecular Hbond substituents is 2. The zero-order chi connectivity index (χ0) is 30.7. The minimum atomic E-state index is -1.96. The molecule has 15 nitrogen and oxygen atoms in total. The van der Waals surface area contributed by atoms with E-state index in [4.69, 9.17) is 23.4 Å². The fourth-order valence-corrected chi connectivity index (χ4v) is 4.18. The summed E-state index contributed by atoms with van der Waals surface area (Å²) in [6.45, 7) is 0. The summed E-state index contributed by atoms with van der Waals surface area (Å²) in [5, 5.41) is 41.6. The molecule has 0 aliphatic carbocycles. The van der Waals surface area contributed by atoms with Crippen molar-refractivity contribution >= 4 is 28.9 Å². The van der Waals surface area contributed by atoms with Crippen LogP contribution < -0.4 is 14.9 Å². The van der Waals surface area contributed by atoms with Gasteiger partial charge in [0.15, 0.2) is 29.1 Å². The van der Waals surface area contributed by atoms with Gasteiger partial charge in [-0.25, -0.2) is 4.79 Å². The van der Waals surface area contributed by atoms with E-state index >= 15 is 0 Å². The summed E-state index contributed by atoms with van der Waals surface area (Å²) in [7, 11) is 3.41. The summed E-state index contributed by atoms with van der Waals surface area (Å²) >= 11 is 0. The number of ether oxygens (including phenoxy) is 6. The Balaban J connectivity index is 1.72. The van der Waals surface area contributed by atoms with Crippen molar-refractivity contribution in [3.05, 3.63) is 46.6 Å². The monoisotopic (exact) mass is 590 g/mol. The van der Waals surface area contributed by atoms with Gasteiger partial charge in [-0.2, -0.15) is 0 Å². The van der Waals surface area contributed by atoms with Crippen molar-refractivity contribution in [2.75, 3.05) is 21.3 Å². The molecule has 15 heteroatoms. The summed E-state index contributed by atoms with van der Waals surface area (Å²) in [6, 6.07) is 7.54. The molecule has 5 unspecified atom stereocenters. The average Bonchev–Trinajstić information content (AvgIpc) is 2.95. The van der Waals surface area contributed by atoms with Gasteiger partial charge in [-0.3, -0.25) is 14.4 Å². The molecular formula is C27H26O15. The van der Waals surface area contributed by atoms with Gasteiger partial charge in [-0.1, -0.05) is 0 Å². The third-order valence-corrected chi connectivity index (χ3v) is 6.26. The number of methoxy groups -OCH3 is 3. The SMILES string of the molecule is COC(=O)CC(=O)OC1C(Oc2cc(O)c3c(=O)cc(-c4ccc(OC)c(O)c4)oc3c2)OC(C(=O)OC)C(O)C1O. The highest BCUT2D eigenvalue weighted by Crippen LogP contribution is 2.36. The van der Waals surface area contributed by atoms with Crippen LogP contribution in [0.25, 0.3) is 22.3 Å². The van der Waals surface area contributed by atoms with E-state index < -0.39 is 66.2 Å². The molecule has 2 heterocycles. The number of rotatable bonds is 8. The number of benzene rings is 2. The van der Waals surface area contributed by atoms with E-state index in [-0.39, 0.29) is 34.0 Å². The average molecular weight is 590 g/mol. The molecule has 0 spiro atoms. The van der Waals surface area contributed by atoms with Crippen molar-refractivity contribution in [3.63, 3.8) is 0 Å². The van der Waals surface area contributed by atoms with E-state index in [1.54, 1.807) is 0 Å². The van der Waals surface area contributed by atoms with E-state index in [0.29, 0.717) is 5.56 Å². The van der Waals surface area contributed by atoms with Crippen LogP contribution in [0.15, 0.2) is 45.6 Å². The molecule has 224 valence electrons. The molecule has 0 amide bonds. The van der Waals surface area contributed by atoms with Crippen LogP contribution in [0.3, 0.4) is 0 Å². The van der Waals surface area contributed by atoms with Gasteiger partial charge in [-0.15, -0.1) is 0 Å². The maximum Gasteiger partial charge on any atom is 0.337 e. The lowest BCUT2D eigenvalue weighted by Crippen LogP contribution is -2.62. The van der Waals surface area contributed by atoms with Crippen molar-refractivity contribution in [1.82, 2.24) is 0 Å². The van der Waals surface area contributed by atoms with Crippen LogP contribution in [0.2, 0.25) is 0 Å². The normalized spacial score (nSPS) is 21.8. The molecule has 5 atom stereocenters. The van der Waals surface area contributed by atoms with Crippen molar-refractivity contribution in [1.29, 1.82) is 0 Å². The zero-order valence-electron chi connectivity index (χ0n) is 22.3. The van der Waals surface area contributed by atoms with Crippen molar-refractivity contribution in [3.8, 4) is 34.3 Å². The fourth-order valence-electron chi connectivity index (χ4n) is 4.18. The topological polar surface area (TPSA) is 218 Å². The number of carbonyl (C=O) groups is 3. The first-order chi connectivity index (χ1) is 20.0. The number of aromatic hydroxyl groups is 2. The Morgan fingerprint density at radius 1 is 0.905 bits per heavy atom. The summed E-state index contributed by atoms with van der Waals surface area (Å²) < 4.78 is 36.1. The van der Waals surface area contributed by atoms with Crippen molar-refractivity contribution in [2.24, 2.45) is 0 Å². The number of aliphatic hydroxyl groups is 2. The highest BCUT2D eigenvalue weighted by Gasteiger charge is 2.51. The predicted molar refractivity (Wildman–Crippen MR) is 138 cm³/mol. The lowest BCUT2D eigenvalue weighted by atomic mass is 9.98.